The molecule has 2 aromatic rings. The van der Waals surface area contributed by atoms with E-state index in [-0.39, 0.29) is 18.6 Å². The Bertz CT molecular complexity index is 677. The van der Waals surface area contributed by atoms with Gasteiger partial charge in [-0.2, -0.15) is 0 Å². The van der Waals surface area contributed by atoms with Crippen LogP contribution in [-0.2, 0) is 4.79 Å². The summed E-state index contributed by atoms with van der Waals surface area (Å²) in [6, 6.07) is 8.33. The zero-order chi connectivity index (χ0) is 15.2. The Morgan fingerprint density at radius 3 is 2.86 bits per heavy atom. The van der Waals surface area contributed by atoms with Crippen LogP contribution in [0.25, 0.3) is 11.0 Å². The van der Waals surface area contributed by atoms with Crippen LogP contribution in [0.4, 0.5) is 0 Å². The highest BCUT2D eigenvalue weighted by molar-refractivity contribution is 5.79. The maximum absolute atomic E-state index is 11.7. The molecule has 0 radical (unpaired) electrons. The van der Waals surface area contributed by atoms with Gasteiger partial charge in [0.2, 0.25) is 0 Å². The molecule has 1 N–H and O–H groups in total. The highest BCUT2D eigenvalue weighted by Crippen LogP contribution is 2.19. The highest BCUT2D eigenvalue weighted by Gasteiger charge is 2.08. The fourth-order valence-corrected chi connectivity index (χ4v) is 2.10. The second-order valence-corrected chi connectivity index (χ2v) is 5.00. The summed E-state index contributed by atoms with van der Waals surface area (Å²) in [4.78, 5) is 22.9. The highest BCUT2D eigenvalue weighted by atomic mass is 16.5. The number of carbonyl (C=O) groups is 1. The molecule has 0 aliphatic heterocycles. The Morgan fingerprint density at radius 2 is 2.10 bits per heavy atom. The Kier molecular flexibility index (Phi) is 4.98. The number of carbonyl (C=O) groups excluding carboxylic acids is 1. The zero-order valence-corrected chi connectivity index (χ0v) is 12.2. The van der Waals surface area contributed by atoms with Gasteiger partial charge in [0, 0.05) is 23.6 Å². The van der Waals surface area contributed by atoms with E-state index in [2.05, 4.69) is 12.2 Å². The van der Waals surface area contributed by atoms with Gasteiger partial charge in [0.1, 0.15) is 11.3 Å². The number of benzene rings is 1. The van der Waals surface area contributed by atoms with Crippen LogP contribution in [-0.4, -0.2) is 18.6 Å². The van der Waals surface area contributed by atoms with Gasteiger partial charge in [-0.05, 0) is 31.5 Å². The van der Waals surface area contributed by atoms with Crippen LogP contribution in [0.3, 0.4) is 0 Å². The summed E-state index contributed by atoms with van der Waals surface area (Å²) in [7, 11) is 0. The molecule has 0 saturated carbocycles. The minimum atomic E-state index is -0.411. The first-order valence-corrected chi connectivity index (χ1v) is 7.04. The average molecular weight is 289 g/mol. The number of fused-ring (bicyclic) bond motifs is 1. The quantitative estimate of drug-likeness (QED) is 0.829. The van der Waals surface area contributed by atoms with Crippen molar-refractivity contribution in [2.24, 2.45) is 0 Å². The van der Waals surface area contributed by atoms with Crippen molar-refractivity contribution in [1.29, 1.82) is 0 Å². The van der Waals surface area contributed by atoms with Gasteiger partial charge < -0.3 is 14.5 Å². The lowest BCUT2D eigenvalue weighted by molar-refractivity contribution is -0.123. The van der Waals surface area contributed by atoms with Crippen molar-refractivity contribution >= 4 is 16.9 Å². The van der Waals surface area contributed by atoms with Crippen LogP contribution in [0.5, 0.6) is 5.75 Å². The normalized spacial score (nSPS) is 12.1. The maximum Gasteiger partial charge on any atom is 0.336 e. The lowest BCUT2D eigenvalue weighted by Crippen LogP contribution is -2.35. The minimum absolute atomic E-state index is 0.0589. The third-order valence-corrected chi connectivity index (χ3v) is 3.09. The third kappa shape index (κ3) is 4.34. The molecule has 0 aliphatic rings. The Hall–Kier alpha value is -2.30. The van der Waals surface area contributed by atoms with Gasteiger partial charge in [-0.25, -0.2) is 4.79 Å². The monoisotopic (exact) mass is 289 g/mol. The topological polar surface area (TPSA) is 68.5 Å². The molecule has 0 bridgehead atoms. The van der Waals surface area contributed by atoms with Gasteiger partial charge >= 0.3 is 5.63 Å². The zero-order valence-electron chi connectivity index (χ0n) is 12.2. The number of amides is 1. The van der Waals surface area contributed by atoms with Crippen molar-refractivity contribution in [1.82, 2.24) is 5.32 Å². The van der Waals surface area contributed by atoms with E-state index in [1.165, 1.54) is 6.07 Å². The third-order valence-electron chi connectivity index (χ3n) is 3.09. The molecule has 0 fully saturated rings. The Labute approximate surface area is 122 Å². The second-order valence-electron chi connectivity index (χ2n) is 5.00. The number of rotatable bonds is 6. The molecule has 0 unspecified atom stereocenters. The Morgan fingerprint density at radius 1 is 1.33 bits per heavy atom. The van der Waals surface area contributed by atoms with Crippen molar-refractivity contribution in [3.05, 3.63) is 40.8 Å². The van der Waals surface area contributed by atoms with E-state index < -0.39 is 5.63 Å². The van der Waals surface area contributed by atoms with Crippen LogP contribution in [0, 0.1) is 0 Å². The van der Waals surface area contributed by atoms with Gasteiger partial charge in [0.25, 0.3) is 5.91 Å². The predicted molar refractivity (Wildman–Crippen MR) is 80.5 cm³/mol. The minimum Gasteiger partial charge on any atom is -0.484 e. The van der Waals surface area contributed by atoms with Gasteiger partial charge in [-0.15, -0.1) is 0 Å². The van der Waals surface area contributed by atoms with Gasteiger partial charge in [0.15, 0.2) is 6.61 Å². The summed E-state index contributed by atoms with van der Waals surface area (Å²) in [6.45, 7) is 3.98. The number of ether oxygens (including phenoxy) is 1. The summed E-state index contributed by atoms with van der Waals surface area (Å²) in [6.07, 6.45) is 1.96. The molecule has 1 heterocycles. The first-order valence-electron chi connectivity index (χ1n) is 7.04. The smallest absolute Gasteiger partial charge is 0.336 e. The summed E-state index contributed by atoms with van der Waals surface area (Å²) in [5.41, 5.74) is 0.0329. The lowest BCUT2D eigenvalue weighted by atomic mass is 10.2. The van der Waals surface area contributed by atoms with E-state index in [9.17, 15) is 9.59 Å². The van der Waals surface area contributed by atoms with Crippen molar-refractivity contribution in [3.8, 4) is 5.75 Å². The fraction of sp³-hybridized carbons (Fsp3) is 0.375. The van der Waals surface area contributed by atoms with Crippen molar-refractivity contribution in [2.75, 3.05) is 6.61 Å². The van der Waals surface area contributed by atoms with Crippen molar-refractivity contribution < 1.29 is 13.9 Å². The second kappa shape index (κ2) is 6.92. The van der Waals surface area contributed by atoms with E-state index in [4.69, 9.17) is 9.15 Å². The van der Waals surface area contributed by atoms with E-state index in [1.807, 2.05) is 6.92 Å². The first kappa shape index (κ1) is 15.1. The first-order chi connectivity index (χ1) is 10.1. The molecule has 21 heavy (non-hydrogen) atoms. The molecule has 1 aromatic heterocycles. The van der Waals surface area contributed by atoms with Gasteiger partial charge in [0.05, 0.1) is 0 Å². The van der Waals surface area contributed by atoms with Crippen LogP contribution in [0.1, 0.15) is 26.7 Å². The largest absolute Gasteiger partial charge is 0.484 e. The number of nitrogens with one attached hydrogen (secondary N) is 1. The molecule has 112 valence electrons. The van der Waals surface area contributed by atoms with Crippen LogP contribution in [0.2, 0.25) is 0 Å². The molecule has 1 aromatic carbocycles. The molecular formula is C16H19NO4. The molecule has 1 atom stereocenters. The fourth-order valence-electron chi connectivity index (χ4n) is 2.10. The number of hydrogen-bond donors (Lipinski definition) is 1. The Balaban J connectivity index is 1.97. The molecule has 5 heteroatoms. The van der Waals surface area contributed by atoms with E-state index in [0.29, 0.717) is 11.3 Å². The van der Waals surface area contributed by atoms with Crippen LogP contribution in [0.15, 0.2) is 39.5 Å². The average Bonchev–Trinajstić information content (AvgIpc) is 2.44. The van der Waals surface area contributed by atoms with Gasteiger partial charge in [-0.3, -0.25) is 4.79 Å². The standard InChI is InChI=1S/C16H19NO4/c1-3-4-11(2)17-15(18)10-20-13-7-5-12-6-8-16(19)21-14(12)9-13/h5-9,11H,3-4,10H2,1-2H3,(H,17,18)/t11-/m0/s1. The van der Waals surface area contributed by atoms with Crippen LogP contribution >= 0.6 is 0 Å². The summed E-state index contributed by atoms with van der Waals surface area (Å²) < 4.78 is 10.5. The molecule has 1 amide bonds. The van der Waals surface area contributed by atoms with E-state index >= 15 is 0 Å². The van der Waals surface area contributed by atoms with Crippen molar-refractivity contribution in [2.45, 2.75) is 32.7 Å². The summed E-state index contributed by atoms with van der Waals surface area (Å²) >= 11 is 0. The molecule has 0 spiro atoms. The lowest BCUT2D eigenvalue weighted by Gasteiger charge is -2.13. The predicted octanol–water partition coefficient (Wildman–Crippen LogP) is 2.48. The maximum atomic E-state index is 11.7. The summed E-state index contributed by atoms with van der Waals surface area (Å²) in [5.74, 6) is 0.334. The van der Waals surface area contributed by atoms with E-state index in [0.717, 1.165) is 18.2 Å². The van der Waals surface area contributed by atoms with Crippen molar-refractivity contribution in [3.63, 3.8) is 0 Å². The molecule has 5 nitrogen and oxygen atoms in total. The summed E-state index contributed by atoms with van der Waals surface area (Å²) in [5, 5.41) is 3.67. The molecule has 2 rings (SSSR count). The number of hydrogen-bond acceptors (Lipinski definition) is 4. The SMILES string of the molecule is CCC[C@H](C)NC(=O)COc1ccc2ccc(=O)oc2c1. The molecule has 0 aliphatic carbocycles. The van der Waals surface area contributed by atoms with E-state index in [1.54, 1.807) is 24.3 Å². The van der Waals surface area contributed by atoms with Crippen LogP contribution < -0.4 is 15.7 Å². The van der Waals surface area contributed by atoms with Gasteiger partial charge in [-0.1, -0.05) is 13.3 Å². The molecule has 0 saturated heterocycles. The molecular weight excluding hydrogens is 270 g/mol.